The van der Waals surface area contributed by atoms with Gasteiger partial charge >= 0.3 is 0 Å². The maximum atomic E-state index is 11.5. The van der Waals surface area contributed by atoms with Crippen molar-refractivity contribution in [1.82, 2.24) is 15.0 Å². The third-order valence-electron chi connectivity index (χ3n) is 1.76. The number of carbonyl (C=O) groups excluding carboxylic acids is 1. The average molecular weight is 212 g/mol. The molecule has 1 heterocycles. The van der Waals surface area contributed by atoms with Gasteiger partial charge in [0.1, 0.15) is 6.61 Å². The molecule has 2 N–H and O–H groups in total. The van der Waals surface area contributed by atoms with Crippen LogP contribution in [-0.4, -0.2) is 40.5 Å². The van der Waals surface area contributed by atoms with E-state index in [0.717, 1.165) is 6.42 Å². The molecule has 6 nitrogen and oxygen atoms in total. The molecule has 0 unspecified atom stereocenters. The maximum absolute atomic E-state index is 11.5. The molecule has 0 spiro atoms. The zero-order valence-corrected chi connectivity index (χ0v) is 8.85. The van der Waals surface area contributed by atoms with Crippen molar-refractivity contribution in [3.8, 4) is 0 Å². The number of rotatable bonds is 7. The molecule has 0 aliphatic rings. The highest BCUT2D eigenvalue weighted by Gasteiger charge is 2.10. The highest BCUT2D eigenvalue weighted by Crippen LogP contribution is 1.96. The van der Waals surface area contributed by atoms with Crippen LogP contribution in [0.3, 0.4) is 0 Å². The molecule has 0 bridgehead atoms. The van der Waals surface area contributed by atoms with Crippen molar-refractivity contribution in [2.24, 2.45) is 5.73 Å². The van der Waals surface area contributed by atoms with Gasteiger partial charge in [0.2, 0.25) is 5.78 Å². The number of hydrogen-bond acceptors (Lipinski definition) is 5. The zero-order valence-electron chi connectivity index (χ0n) is 8.85. The minimum absolute atomic E-state index is 0.0646. The summed E-state index contributed by atoms with van der Waals surface area (Å²) < 4.78 is 6.67. The van der Waals surface area contributed by atoms with Crippen LogP contribution in [0.15, 0.2) is 6.20 Å². The molecule has 0 aromatic carbocycles. The predicted octanol–water partition coefficient (Wildman–Crippen LogP) is -0.154. The summed E-state index contributed by atoms with van der Waals surface area (Å²) in [4.78, 5) is 11.5. The van der Waals surface area contributed by atoms with Gasteiger partial charge in [-0.2, -0.15) is 0 Å². The molecule has 0 atom stereocenters. The lowest BCUT2D eigenvalue weighted by molar-refractivity contribution is 0.0756. The van der Waals surface area contributed by atoms with Crippen LogP contribution >= 0.6 is 0 Å². The van der Waals surface area contributed by atoms with E-state index in [2.05, 4.69) is 10.3 Å². The van der Waals surface area contributed by atoms with E-state index in [9.17, 15) is 4.79 Å². The maximum Gasteiger partial charge on any atom is 0.210 e. The molecule has 1 rings (SSSR count). The van der Waals surface area contributed by atoms with Crippen molar-refractivity contribution >= 4 is 5.78 Å². The number of nitrogens with two attached hydrogens (primary N) is 1. The number of ether oxygens (including phenoxy) is 1. The fraction of sp³-hybridized carbons (Fsp3) is 0.667. The first-order chi connectivity index (χ1) is 7.27. The van der Waals surface area contributed by atoms with Crippen molar-refractivity contribution in [3.05, 3.63) is 11.9 Å². The van der Waals surface area contributed by atoms with Gasteiger partial charge in [0, 0.05) is 13.2 Å². The molecule has 0 aliphatic heterocycles. The van der Waals surface area contributed by atoms with E-state index in [1.165, 1.54) is 0 Å². The summed E-state index contributed by atoms with van der Waals surface area (Å²) in [5.41, 5.74) is 5.68. The van der Waals surface area contributed by atoms with Gasteiger partial charge < -0.3 is 10.5 Å². The Balaban J connectivity index is 2.43. The fourth-order valence-corrected chi connectivity index (χ4v) is 1.05. The Kier molecular flexibility index (Phi) is 4.92. The summed E-state index contributed by atoms with van der Waals surface area (Å²) in [5.74, 6) is -0.147. The van der Waals surface area contributed by atoms with E-state index in [1.54, 1.807) is 10.9 Å². The summed E-state index contributed by atoms with van der Waals surface area (Å²) in [5, 5.41) is 7.51. The first-order valence-corrected chi connectivity index (χ1v) is 4.99. The van der Waals surface area contributed by atoms with Crippen molar-refractivity contribution in [2.75, 3.05) is 19.8 Å². The molecule has 1 aromatic rings. The molecule has 0 amide bonds. The Morgan fingerprint density at radius 2 is 2.47 bits per heavy atom. The Morgan fingerprint density at radius 1 is 1.67 bits per heavy atom. The Hall–Kier alpha value is -1.27. The van der Waals surface area contributed by atoms with Gasteiger partial charge in [-0.25, -0.2) is 0 Å². The Bertz CT molecular complexity index is 311. The minimum atomic E-state index is -0.147. The molecule has 0 radical (unpaired) electrons. The predicted molar refractivity (Wildman–Crippen MR) is 54.5 cm³/mol. The fourth-order valence-electron chi connectivity index (χ4n) is 1.05. The van der Waals surface area contributed by atoms with Gasteiger partial charge in [-0.3, -0.25) is 9.48 Å². The summed E-state index contributed by atoms with van der Waals surface area (Å²) >= 11 is 0. The van der Waals surface area contributed by atoms with Crippen LogP contribution in [0.25, 0.3) is 0 Å². The van der Waals surface area contributed by atoms with Gasteiger partial charge in [-0.1, -0.05) is 12.1 Å². The third kappa shape index (κ3) is 3.77. The summed E-state index contributed by atoms with van der Waals surface area (Å²) in [6, 6.07) is 0. The van der Waals surface area contributed by atoms with Gasteiger partial charge in [0.25, 0.3) is 0 Å². The highest BCUT2D eigenvalue weighted by atomic mass is 16.5. The molecule has 84 valence electrons. The van der Waals surface area contributed by atoms with Crippen LogP contribution in [0.1, 0.15) is 23.8 Å². The molecule has 0 aliphatic carbocycles. The number of nitrogens with zero attached hydrogens (tertiary/aromatic N) is 3. The first kappa shape index (κ1) is 11.8. The molecule has 0 saturated carbocycles. The number of Topliss-reactive ketones (excluding diaryl/α,β-unsaturated/α-hetero) is 1. The standard InChI is InChI=1S/C9H16N4O2/c1-2-5-15-7-9(14)8-6-13(4-3-10)12-11-8/h6H,2-5,7,10H2,1H3. The van der Waals surface area contributed by atoms with E-state index in [1.807, 2.05) is 6.92 Å². The second-order valence-corrected chi connectivity index (χ2v) is 3.13. The van der Waals surface area contributed by atoms with Crippen LogP contribution in [-0.2, 0) is 11.3 Å². The van der Waals surface area contributed by atoms with Gasteiger partial charge in [-0.15, -0.1) is 5.10 Å². The summed E-state index contributed by atoms with van der Waals surface area (Å²) in [7, 11) is 0. The topological polar surface area (TPSA) is 83.0 Å². The van der Waals surface area contributed by atoms with Crippen LogP contribution in [0.4, 0.5) is 0 Å². The van der Waals surface area contributed by atoms with E-state index >= 15 is 0 Å². The van der Waals surface area contributed by atoms with Crippen LogP contribution < -0.4 is 5.73 Å². The van der Waals surface area contributed by atoms with Gasteiger partial charge in [0.05, 0.1) is 12.7 Å². The molecule has 15 heavy (non-hydrogen) atoms. The number of carbonyl (C=O) groups is 1. The number of aromatic nitrogens is 3. The van der Waals surface area contributed by atoms with Crippen molar-refractivity contribution < 1.29 is 9.53 Å². The van der Waals surface area contributed by atoms with Crippen LogP contribution in [0.5, 0.6) is 0 Å². The van der Waals surface area contributed by atoms with Crippen molar-refractivity contribution in [1.29, 1.82) is 0 Å². The highest BCUT2D eigenvalue weighted by molar-refractivity contribution is 5.94. The Labute approximate surface area is 88.4 Å². The van der Waals surface area contributed by atoms with E-state index in [0.29, 0.717) is 25.4 Å². The van der Waals surface area contributed by atoms with E-state index in [-0.39, 0.29) is 12.4 Å². The normalized spacial score (nSPS) is 10.5. The van der Waals surface area contributed by atoms with E-state index < -0.39 is 0 Å². The molecule has 0 fully saturated rings. The lowest BCUT2D eigenvalue weighted by Crippen LogP contribution is -2.11. The lowest BCUT2D eigenvalue weighted by atomic mass is 10.3. The lowest BCUT2D eigenvalue weighted by Gasteiger charge is -1.98. The van der Waals surface area contributed by atoms with E-state index in [4.69, 9.17) is 10.5 Å². The van der Waals surface area contributed by atoms with Crippen LogP contribution in [0, 0.1) is 0 Å². The number of hydrogen-bond donors (Lipinski definition) is 1. The smallest absolute Gasteiger partial charge is 0.210 e. The molecular formula is C9H16N4O2. The SMILES string of the molecule is CCCOCC(=O)c1cn(CCN)nn1. The zero-order chi connectivity index (χ0) is 11.1. The van der Waals surface area contributed by atoms with Crippen molar-refractivity contribution in [3.63, 3.8) is 0 Å². The second kappa shape index (κ2) is 6.26. The molecular weight excluding hydrogens is 196 g/mol. The average Bonchev–Trinajstić information content (AvgIpc) is 2.67. The van der Waals surface area contributed by atoms with Crippen LogP contribution in [0.2, 0.25) is 0 Å². The third-order valence-corrected chi connectivity index (χ3v) is 1.76. The van der Waals surface area contributed by atoms with Gasteiger partial charge in [0.15, 0.2) is 5.69 Å². The molecule has 6 heteroatoms. The molecule has 1 aromatic heterocycles. The monoisotopic (exact) mass is 212 g/mol. The molecule has 0 saturated heterocycles. The summed E-state index contributed by atoms with van der Waals surface area (Å²) in [6.45, 7) is 3.68. The largest absolute Gasteiger partial charge is 0.373 e. The van der Waals surface area contributed by atoms with Gasteiger partial charge in [-0.05, 0) is 6.42 Å². The number of ketones is 1. The Morgan fingerprint density at radius 3 is 3.13 bits per heavy atom. The summed E-state index contributed by atoms with van der Waals surface area (Å²) in [6.07, 6.45) is 2.48. The van der Waals surface area contributed by atoms with Crippen molar-refractivity contribution in [2.45, 2.75) is 19.9 Å². The second-order valence-electron chi connectivity index (χ2n) is 3.13. The quantitative estimate of drug-likeness (QED) is 0.502. The minimum Gasteiger partial charge on any atom is -0.373 e. The first-order valence-electron chi connectivity index (χ1n) is 4.99.